The molecule has 1 saturated carbocycles. The first kappa shape index (κ1) is 12.0. The van der Waals surface area contributed by atoms with Crippen LogP contribution in [0.1, 0.15) is 26.2 Å². The highest BCUT2D eigenvalue weighted by Gasteiger charge is 2.34. The van der Waals surface area contributed by atoms with E-state index in [4.69, 9.17) is 17.1 Å². The third-order valence-electron chi connectivity index (χ3n) is 2.55. The molecule has 5 heteroatoms. The van der Waals surface area contributed by atoms with Crippen LogP contribution < -0.4 is 0 Å². The van der Waals surface area contributed by atoms with Crippen LogP contribution >= 0.6 is 9.47 Å². The minimum absolute atomic E-state index is 0.0574. The maximum Gasteiger partial charge on any atom is 0.305 e. The van der Waals surface area contributed by atoms with Gasteiger partial charge in [-0.3, -0.25) is 4.79 Å². The van der Waals surface area contributed by atoms with Gasteiger partial charge in [0.15, 0.2) is 0 Å². The van der Waals surface area contributed by atoms with Gasteiger partial charge in [-0.2, -0.15) is 0 Å². The maximum absolute atomic E-state index is 11.1. The molecular weight excluding hydrogens is 198 g/mol. The molecule has 14 heavy (non-hydrogen) atoms. The van der Waals surface area contributed by atoms with Crippen LogP contribution in [-0.2, 0) is 14.1 Å². The quantitative estimate of drug-likeness (QED) is 0.404. The van der Waals surface area contributed by atoms with Crippen molar-refractivity contribution < 1.29 is 14.1 Å². The molecule has 0 aromatic heterocycles. The van der Waals surface area contributed by atoms with E-state index in [1.54, 1.807) is 6.92 Å². The summed E-state index contributed by atoms with van der Waals surface area (Å²) in [5.74, 6) is 0.227. The molecule has 78 valence electrons. The Morgan fingerprint density at radius 1 is 1.57 bits per heavy atom. The molecule has 0 spiro atoms. The van der Waals surface area contributed by atoms with Crippen LogP contribution in [0, 0.1) is 5.92 Å². The summed E-state index contributed by atoms with van der Waals surface area (Å²) in [7, 11) is 8.02. The fourth-order valence-electron chi connectivity index (χ4n) is 1.82. The molecule has 1 unspecified atom stereocenters. The van der Waals surface area contributed by atoms with Crippen molar-refractivity contribution in [2.45, 2.75) is 38.1 Å². The summed E-state index contributed by atoms with van der Waals surface area (Å²) < 4.78 is 10.3. The summed E-state index contributed by atoms with van der Waals surface area (Å²) in [6.07, 6.45) is 1.98. The Morgan fingerprint density at radius 3 is 2.86 bits per heavy atom. The fourth-order valence-corrected chi connectivity index (χ4v) is 2.07. The lowest BCUT2D eigenvalue weighted by molar-refractivity contribution is -0.150. The van der Waals surface area contributed by atoms with Crippen molar-refractivity contribution in [3.8, 4) is 0 Å². The van der Waals surface area contributed by atoms with Gasteiger partial charge in [0.2, 0.25) is 0 Å². The molecule has 0 aromatic carbocycles. The zero-order chi connectivity index (χ0) is 10.6. The first-order chi connectivity index (χ1) is 6.67. The molecule has 3 nitrogen and oxygen atoms in total. The maximum atomic E-state index is 11.1. The van der Waals surface area contributed by atoms with Crippen LogP contribution in [0.25, 0.3) is 0 Å². The third kappa shape index (κ3) is 3.25. The second kappa shape index (κ2) is 5.72. The van der Waals surface area contributed by atoms with Gasteiger partial charge in [0.25, 0.3) is 0 Å². The Kier molecular flexibility index (Phi) is 4.90. The normalized spacial score (nSPS) is 31.7. The van der Waals surface area contributed by atoms with E-state index in [0.717, 1.165) is 12.8 Å². The number of ether oxygens (including phenoxy) is 1. The molecule has 0 heterocycles. The number of carbonyl (C=O) groups excluding carboxylic acids is 1. The van der Waals surface area contributed by atoms with Gasteiger partial charge < -0.3 is 9.26 Å². The van der Waals surface area contributed by atoms with E-state index in [1.807, 2.05) is 0 Å². The average Bonchev–Trinajstić information content (AvgIpc) is 2.47. The molecule has 0 aromatic rings. The number of rotatable bonds is 4. The van der Waals surface area contributed by atoms with Gasteiger partial charge in [-0.15, -0.1) is 0 Å². The lowest BCUT2D eigenvalue weighted by Crippen LogP contribution is -2.24. The predicted octanol–water partition coefficient (Wildman–Crippen LogP) is 1.48. The minimum atomic E-state index is -0.155. The summed E-state index contributed by atoms with van der Waals surface area (Å²) in [5.41, 5.74) is 0. The van der Waals surface area contributed by atoms with Gasteiger partial charge >= 0.3 is 5.97 Å². The standard InChI is InChI=1S/C9H16BO3P/c1-2-9(11)13-8-4-7(10)3-6(8)5-12-14/h6-8H,2-5,14H2,1H3/t6-,7-,8-/m0/s1. The third-order valence-corrected chi connectivity index (χ3v) is 2.74. The molecule has 2 radical (unpaired) electrons. The summed E-state index contributed by atoms with van der Waals surface area (Å²) in [6, 6.07) is 0. The van der Waals surface area contributed by atoms with Gasteiger partial charge in [-0.25, -0.2) is 0 Å². The van der Waals surface area contributed by atoms with E-state index in [-0.39, 0.29) is 23.8 Å². The first-order valence-corrected chi connectivity index (χ1v) is 5.41. The topological polar surface area (TPSA) is 35.5 Å². The van der Waals surface area contributed by atoms with Crippen molar-refractivity contribution >= 4 is 23.3 Å². The van der Waals surface area contributed by atoms with Gasteiger partial charge in [-0.1, -0.05) is 12.7 Å². The molecule has 1 rings (SSSR count). The van der Waals surface area contributed by atoms with Crippen molar-refractivity contribution in [1.29, 1.82) is 0 Å². The van der Waals surface area contributed by atoms with Crippen LogP contribution in [-0.4, -0.2) is 26.5 Å². The zero-order valence-corrected chi connectivity index (χ0v) is 9.59. The van der Waals surface area contributed by atoms with Crippen LogP contribution in [0.5, 0.6) is 0 Å². The molecule has 0 amide bonds. The molecule has 0 N–H and O–H groups in total. The molecular formula is C9H16BO3P. The van der Waals surface area contributed by atoms with E-state index in [9.17, 15) is 4.79 Å². The SMILES string of the molecule is [B][C@H]1C[C@@H](COP)[C@@H](OC(=O)CC)C1. The van der Waals surface area contributed by atoms with Gasteiger partial charge in [0.05, 0.1) is 14.5 Å². The minimum Gasteiger partial charge on any atom is -0.462 e. The molecule has 4 atom stereocenters. The predicted molar refractivity (Wildman–Crippen MR) is 58.1 cm³/mol. The van der Waals surface area contributed by atoms with E-state index >= 15 is 0 Å². The average molecular weight is 214 g/mol. The fraction of sp³-hybridized carbons (Fsp3) is 0.889. The van der Waals surface area contributed by atoms with Gasteiger partial charge in [0.1, 0.15) is 6.10 Å². The van der Waals surface area contributed by atoms with E-state index in [2.05, 4.69) is 9.47 Å². The van der Waals surface area contributed by atoms with E-state index in [1.165, 1.54) is 0 Å². The second-order valence-electron chi connectivity index (χ2n) is 3.71. The Morgan fingerprint density at radius 2 is 2.29 bits per heavy atom. The Hall–Kier alpha value is -0.0751. The molecule has 1 aliphatic carbocycles. The molecule has 0 saturated heterocycles. The highest BCUT2D eigenvalue weighted by Crippen LogP contribution is 2.36. The second-order valence-corrected chi connectivity index (χ2v) is 4.04. The monoisotopic (exact) mass is 214 g/mol. The number of hydrogen-bond acceptors (Lipinski definition) is 3. The summed E-state index contributed by atoms with van der Waals surface area (Å²) >= 11 is 0. The largest absolute Gasteiger partial charge is 0.462 e. The highest BCUT2D eigenvalue weighted by molar-refractivity contribution is 7.09. The van der Waals surface area contributed by atoms with E-state index < -0.39 is 0 Å². The number of carbonyl (C=O) groups is 1. The van der Waals surface area contributed by atoms with Crippen molar-refractivity contribution in [2.24, 2.45) is 5.92 Å². The molecule has 0 aliphatic heterocycles. The lowest BCUT2D eigenvalue weighted by atomic mass is 9.85. The smallest absolute Gasteiger partial charge is 0.305 e. The molecule has 1 aliphatic rings. The Bertz CT molecular complexity index is 200. The summed E-state index contributed by atoms with van der Waals surface area (Å²) in [5, 5.41) is 0. The summed E-state index contributed by atoms with van der Waals surface area (Å²) in [4.78, 5) is 11.1. The van der Waals surface area contributed by atoms with Crippen molar-refractivity contribution in [2.75, 3.05) is 6.61 Å². The van der Waals surface area contributed by atoms with E-state index in [0.29, 0.717) is 13.0 Å². The lowest BCUT2D eigenvalue weighted by Gasteiger charge is -2.18. The summed E-state index contributed by atoms with van der Waals surface area (Å²) in [6.45, 7) is 2.37. The zero-order valence-electron chi connectivity index (χ0n) is 8.44. The van der Waals surface area contributed by atoms with Crippen LogP contribution in [0.3, 0.4) is 0 Å². The number of esters is 1. The Balaban J connectivity index is 2.44. The van der Waals surface area contributed by atoms with Crippen molar-refractivity contribution in [3.63, 3.8) is 0 Å². The van der Waals surface area contributed by atoms with Gasteiger partial charge in [-0.05, 0) is 12.8 Å². The van der Waals surface area contributed by atoms with Crippen LogP contribution in [0.2, 0.25) is 5.82 Å². The highest BCUT2D eigenvalue weighted by atomic mass is 31.0. The van der Waals surface area contributed by atoms with Gasteiger partial charge in [0, 0.05) is 21.8 Å². The van der Waals surface area contributed by atoms with Crippen molar-refractivity contribution in [1.82, 2.24) is 0 Å². The number of hydrogen-bond donors (Lipinski definition) is 0. The Labute approximate surface area is 88.6 Å². The molecule has 1 fully saturated rings. The molecule has 0 bridgehead atoms. The first-order valence-electron chi connectivity index (χ1n) is 4.94. The van der Waals surface area contributed by atoms with Crippen molar-refractivity contribution in [3.05, 3.63) is 0 Å². The van der Waals surface area contributed by atoms with Crippen LogP contribution in [0.4, 0.5) is 0 Å². The van der Waals surface area contributed by atoms with Crippen LogP contribution in [0.15, 0.2) is 0 Å².